The van der Waals surface area contributed by atoms with Crippen molar-refractivity contribution in [3.63, 3.8) is 0 Å². The van der Waals surface area contributed by atoms with Gasteiger partial charge in [-0.2, -0.15) is 0 Å². The number of benzene rings is 4. The fraction of sp³-hybridized carbons (Fsp3) is 0.161. The topological polar surface area (TPSA) is 86.8 Å². The highest BCUT2D eigenvalue weighted by Gasteiger charge is 2.35. The molecule has 224 valence electrons. The number of nitrogens with one attached hydrogen (secondary N) is 1. The van der Waals surface area contributed by atoms with Crippen molar-refractivity contribution in [2.24, 2.45) is 0 Å². The van der Waals surface area contributed by atoms with Gasteiger partial charge in [0.2, 0.25) is 11.8 Å². The average molecular weight is 679 g/mol. The average Bonchev–Trinajstić information content (AvgIpc) is 3.01. The van der Waals surface area contributed by atoms with Gasteiger partial charge in [-0.05, 0) is 47.5 Å². The summed E-state index contributed by atoms with van der Waals surface area (Å²) in [6, 6.07) is 25.2. The van der Waals surface area contributed by atoms with Crippen LogP contribution in [0.25, 0.3) is 0 Å². The zero-order valence-corrected chi connectivity index (χ0v) is 26.7. The largest absolute Gasteiger partial charge is 0.357 e. The lowest BCUT2D eigenvalue weighted by atomic mass is 10.0. The van der Waals surface area contributed by atoms with E-state index in [0.29, 0.717) is 10.6 Å². The molecule has 0 radical (unpaired) electrons. The first-order valence-electron chi connectivity index (χ1n) is 13.0. The maximum Gasteiger partial charge on any atom is 0.264 e. The summed E-state index contributed by atoms with van der Waals surface area (Å²) in [4.78, 5) is 28.9. The summed E-state index contributed by atoms with van der Waals surface area (Å²) in [5.41, 5.74) is 1.40. The smallest absolute Gasteiger partial charge is 0.264 e. The number of likely N-dealkylation sites (N-methyl/N-ethyl adjacent to an activating group) is 1. The second kappa shape index (κ2) is 14.5. The molecule has 4 aromatic rings. The molecular weight excluding hydrogens is 652 g/mol. The third kappa shape index (κ3) is 7.82. The number of hydrogen-bond donors (Lipinski definition) is 1. The zero-order valence-electron chi connectivity index (χ0n) is 22.9. The number of sulfonamides is 1. The lowest BCUT2D eigenvalue weighted by Gasteiger charge is -2.34. The molecule has 43 heavy (non-hydrogen) atoms. The summed E-state index contributed by atoms with van der Waals surface area (Å²) < 4.78 is 28.9. The lowest BCUT2D eigenvalue weighted by Crippen LogP contribution is -2.53. The lowest BCUT2D eigenvalue weighted by molar-refractivity contribution is -0.139. The number of carbonyl (C=O) groups excluding carboxylic acids is 2. The summed E-state index contributed by atoms with van der Waals surface area (Å²) in [6.07, 6.45) is 0.164. The van der Waals surface area contributed by atoms with Gasteiger partial charge in [-0.1, -0.05) is 107 Å². The van der Waals surface area contributed by atoms with Crippen molar-refractivity contribution in [2.75, 3.05) is 17.9 Å². The van der Waals surface area contributed by atoms with Crippen LogP contribution in [-0.2, 0) is 32.6 Å². The van der Waals surface area contributed by atoms with E-state index in [1.54, 1.807) is 36.4 Å². The standard InChI is InChI=1S/C31H27Cl4N3O4S/c1-36-31(40)28(18-21-9-4-2-5-10-21)37(19-22-15-16-24(32)26(34)17-22)29(39)20-38(27-14-8-13-25(33)30(27)35)43(41,42)23-11-6-3-7-12-23/h2-17,28H,18-20H2,1H3,(H,36,40)/t28-/m1/s1. The first-order valence-corrected chi connectivity index (χ1v) is 16.0. The SMILES string of the molecule is CNC(=O)[C@@H](Cc1ccccc1)N(Cc1ccc(Cl)c(Cl)c1)C(=O)CN(c1cccc(Cl)c1Cl)S(=O)(=O)c1ccccc1. The highest BCUT2D eigenvalue weighted by atomic mass is 35.5. The summed E-state index contributed by atoms with van der Waals surface area (Å²) >= 11 is 25.2. The molecule has 2 amide bonds. The van der Waals surface area contributed by atoms with Crippen LogP contribution in [0.3, 0.4) is 0 Å². The molecule has 0 aliphatic rings. The Hall–Kier alpha value is -3.27. The molecule has 7 nitrogen and oxygen atoms in total. The van der Waals surface area contributed by atoms with Crippen LogP contribution in [0.1, 0.15) is 11.1 Å². The van der Waals surface area contributed by atoms with Crippen molar-refractivity contribution in [2.45, 2.75) is 23.9 Å². The van der Waals surface area contributed by atoms with E-state index in [0.717, 1.165) is 9.87 Å². The molecule has 0 aliphatic heterocycles. The Balaban J connectivity index is 1.82. The Kier molecular flexibility index (Phi) is 11.0. The second-order valence-corrected chi connectivity index (χ2v) is 12.9. The zero-order chi connectivity index (χ0) is 31.1. The first kappa shape index (κ1) is 32.6. The van der Waals surface area contributed by atoms with E-state index < -0.39 is 34.4 Å². The van der Waals surface area contributed by atoms with Crippen LogP contribution in [0.15, 0.2) is 102 Å². The van der Waals surface area contributed by atoms with Gasteiger partial charge in [-0.15, -0.1) is 0 Å². The van der Waals surface area contributed by atoms with Crippen molar-refractivity contribution in [3.05, 3.63) is 128 Å². The number of anilines is 1. The Morgan fingerprint density at radius 2 is 1.42 bits per heavy atom. The van der Waals surface area contributed by atoms with E-state index >= 15 is 0 Å². The second-order valence-electron chi connectivity index (χ2n) is 9.49. The van der Waals surface area contributed by atoms with E-state index in [1.807, 2.05) is 30.3 Å². The highest BCUT2D eigenvalue weighted by molar-refractivity contribution is 7.92. The van der Waals surface area contributed by atoms with E-state index in [4.69, 9.17) is 46.4 Å². The number of halogens is 4. The molecule has 0 unspecified atom stereocenters. The summed E-state index contributed by atoms with van der Waals surface area (Å²) in [5, 5.41) is 3.30. The Morgan fingerprint density at radius 3 is 2.05 bits per heavy atom. The molecule has 0 bridgehead atoms. The molecule has 1 N–H and O–H groups in total. The molecule has 0 saturated carbocycles. The molecular formula is C31H27Cl4N3O4S. The molecule has 0 heterocycles. The molecule has 0 spiro atoms. The van der Waals surface area contributed by atoms with Crippen molar-refractivity contribution >= 4 is 73.9 Å². The monoisotopic (exact) mass is 677 g/mol. The number of hydrogen-bond acceptors (Lipinski definition) is 4. The third-order valence-electron chi connectivity index (χ3n) is 6.66. The van der Waals surface area contributed by atoms with Crippen LogP contribution in [-0.4, -0.2) is 44.8 Å². The van der Waals surface area contributed by atoms with Gasteiger partial charge in [-0.3, -0.25) is 13.9 Å². The van der Waals surface area contributed by atoms with E-state index in [9.17, 15) is 18.0 Å². The fourth-order valence-corrected chi connectivity index (χ4v) is 6.69. The van der Waals surface area contributed by atoms with Gasteiger partial charge in [0.25, 0.3) is 10.0 Å². The van der Waals surface area contributed by atoms with E-state index in [-0.39, 0.29) is 38.6 Å². The quantitative estimate of drug-likeness (QED) is 0.187. The Labute approximate surface area is 271 Å². The van der Waals surface area contributed by atoms with Crippen molar-refractivity contribution in [1.29, 1.82) is 0 Å². The van der Waals surface area contributed by atoms with Gasteiger partial charge in [0.05, 0.1) is 30.7 Å². The molecule has 0 aromatic heterocycles. The van der Waals surface area contributed by atoms with Crippen molar-refractivity contribution < 1.29 is 18.0 Å². The molecule has 4 aromatic carbocycles. The first-order chi connectivity index (χ1) is 20.5. The minimum absolute atomic E-state index is 0.0143. The fourth-order valence-electron chi connectivity index (χ4n) is 4.47. The maximum atomic E-state index is 14.3. The van der Waals surface area contributed by atoms with Gasteiger partial charge in [0.1, 0.15) is 12.6 Å². The van der Waals surface area contributed by atoms with Crippen LogP contribution >= 0.6 is 46.4 Å². The van der Waals surface area contributed by atoms with Crippen molar-refractivity contribution in [1.82, 2.24) is 10.2 Å². The van der Waals surface area contributed by atoms with Gasteiger partial charge < -0.3 is 10.2 Å². The van der Waals surface area contributed by atoms with E-state index in [1.165, 1.54) is 42.3 Å². The minimum Gasteiger partial charge on any atom is -0.357 e. The number of amides is 2. The van der Waals surface area contributed by atoms with Crippen LogP contribution in [0.5, 0.6) is 0 Å². The maximum absolute atomic E-state index is 14.3. The summed E-state index contributed by atoms with van der Waals surface area (Å²) in [7, 11) is -2.84. The molecule has 0 aliphatic carbocycles. The van der Waals surface area contributed by atoms with Crippen LogP contribution in [0.2, 0.25) is 20.1 Å². The van der Waals surface area contributed by atoms with E-state index in [2.05, 4.69) is 5.32 Å². The molecule has 0 saturated heterocycles. The van der Waals surface area contributed by atoms with Crippen LogP contribution in [0.4, 0.5) is 5.69 Å². The van der Waals surface area contributed by atoms with Crippen LogP contribution in [0, 0.1) is 0 Å². The predicted octanol–water partition coefficient (Wildman–Crippen LogP) is 6.88. The number of carbonyl (C=O) groups is 2. The molecule has 4 rings (SSSR count). The summed E-state index contributed by atoms with van der Waals surface area (Å²) in [5.74, 6) is -1.10. The highest BCUT2D eigenvalue weighted by Crippen LogP contribution is 2.35. The van der Waals surface area contributed by atoms with Gasteiger partial charge in [0, 0.05) is 20.0 Å². The third-order valence-corrected chi connectivity index (χ3v) is 9.99. The van der Waals surface area contributed by atoms with Crippen molar-refractivity contribution in [3.8, 4) is 0 Å². The number of nitrogens with zero attached hydrogens (tertiary/aromatic N) is 2. The Bertz CT molecular complexity index is 1710. The number of rotatable bonds is 11. The summed E-state index contributed by atoms with van der Waals surface area (Å²) in [6.45, 7) is -0.746. The normalized spacial score (nSPS) is 11.9. The molecule has 0 fully saturated rings. The van der Waals surface area contributed by atoms with Gasteiger partial charge in [0.15, 0.2) is 0 Å². The minimum atomic E-state index is -4.31. The molecule has 1 atom stereocenters. The predicted molar refractivity (Wildman–Crippen MR) is 172 cm³/mol. The van der Waals surface area contributed by atoms with Gasteiger partial charge >= 0.3 is 0 Å². The Morgan fingerprint density at radius 1 is 0.767 bits per heavy atom. The van der Waals surface area contributed by atoms with Gasteiger partial charge in [-0.25, -0.2) is 8.42 Å². The molecule has 12 heteroatoms. The van der Waals surface area contributed by atoms with Crippen LogP contribution < -0.4 is 9.62 Å².